The Labute approximate surface area is 106 Å². The summed E-state index contributed by atoms with van der Waals surface area (Å²) in [5.74, 6) is 0. The van der Waals surface area contributed by atoms with Crippen LogP contribution in [0.4, 0.5) is 0 Å². The fourth-order valence-electron chi connectivity index (χ4n) is 1.56. The van der Waals surface area contributed by atoms with Crippen molar-refractivity contribution in [2.75, 3.05) is 0 Å². The molecular formula is C12H15N3O2S. The van der Waals surface area contributed by atoms with Crippen LogP contribution in [0.3, 0.4) is 0 Å². The van der Waals surface area contributed by atoms with Crippen LogP contribution in [0.1, 0.15) is 19.4 Å². The van der Waals surface area contributed by atoms with Gasteiger partial charge in [0, 0.05) is 6.20 Å². The van der Waals surface area contributed by atoms with Gasteiger partial charge in [-0.1, -0.05) is 17.3 Å². The lowest BCUT2D eigenvalue weighted by molar-refractivity contribution is 0.587. The molecule has 0 saturated carbocycles. The minimum Gasteiger partial charge on any atom is -0.248 e. The second kappa shape index (κ2) is 4.89. The lowest BCUT2D eigenvalue weighted by Crippen LogP contribution is -2.14. The molecule has 2 aromatic rings. The number of rotatable bonds is 4. The molecule has 0 aliphatic rings. The quantitative estimate of drug-likeness (QED) is 0.840. The highest BCUT2D eigenvalue weighted by Gasteiger charge is 2.18. The number of nitrogens with zero attached hydrogens (tertiary/aromatic N) is 3. The van der Waals surface area contributed by atoms with Crippen LogP contribution in [0.25, 0.3) is 0 Å². The van der Waals surface area contributed by atoms with Gasteiger partial charge in [-0.05, 0) is 31.5 Å². The lowest BCUT2D eigenvalue weighted by atomic mass is 10.2. The summed E-state index contributed by atoms with van der Waals surface area (Å²) < 4.78 is 25.6. The predicted octanol–water partition coefficient (Wildman–Crippen LogP) is 1.51. The van der Waals surface area contributed by atoms with Gasteiger partial charge >= 0.3 is 0 Å². The summed E-state index contributed by atoms with van der Waals surface area (Å²) in [5.41, 5.74) is 0.989. The van der Waals surface area contributed by atoms with E-state index >= 15 is 0 Å². The molecule has 0 amide bonds. The molecule has 6 heteroatoms. The van der Waals surface area contributed by atoms with E-state index in [2.05, 4.69) is 10.3 Å². The predicted molar refractivity (Wildman–Crippen MR) is 67.9 cm³/mol. The van der Waals surface area contributed by atoms with Crippen LogP contribution < -0.4 is 0 Å². The van der Waals surface area contributed by atoms with E-state index < -0.39 is 15.1 Å². The molecule has 1 aromatic carbocycles. The van der Waals surface area contributed by atoms with Gasteiger partial charge in [0.1, 0.15) is 0 Å². The molecule has 0 aliphatic carbocycles. The number of hydrogen-bond donors (Lipinski definition) is 0. The second-order valence-electron chi connectivity index (χ2n) is 4.34. The Hall–Kier alpha value is -1.69. The molecule has 0 spiro atoms. The first-order chi connectivity index (χ1) is 8.50. The maximum atomic E-state index is 11.9. The van der Waals surface area contributed by atoms with E-state index in [-0.39, 0.29) is 0 Å². The van der Waals surface area contributed by atoms with Crippen molar-refractivity contribution < 1.29 is 8.42 Å². The summed E-state index contributed by atoms with van der Waals surface area (Å²) in [6, 6.07) is 6.89. The topological polar surface area (TPSA) is 64.8 Å². The number of aromatic nitrogens is 3. The molecule has 1 aromatic heterocycles. The van der Waals surface area contributed by atoms with E-state index in [0.29, 0.717) is 11.4 Å². The molecule has 0 radical (unpaired) electrons. The van der Waals surface area contributed by atoms with Gasteiger partial charge in [0.15, 0.2) is 9.84 Å². The molecule has 96 valence electrons. The Morgan fingerprint density at radius 2 is 1.89 bits per heavy atom. The van der Waals surface area contributed by atoms with Crippen LogP contribution in [-0.4, -0.2) is 28.7 Å². The molecule has 0 unspecified atom stereocenters. The SMILES string of the molecule is CC(C)S(=O)(=O)c1ccc(Cn2ccnn2)cc1. The molecular weight excluding hydrogens is 250 g/mol. The van der Waals surface area contributed by atoms with E-state index in [9.17, 15) is 8.42 Å². The van der Waals surface area contributed by atoms with Crippen molar-refractivity contribution in [3.05, 3.63) is 42.2 Å². The molecule has 1 heterocycles. The largest absolute Gasteiger partial charge is 0.248 e. The standard InChI is InChI=1S/C12H15N3O2S/c1-10(2)18(16,17)12-5-3-11(4-6-12)9-15-8-7-13-14-15/h3-8,10H,9H2,1-2H3. The van der Waals surface area contributed by atoms with Crippen molar-refractivity contribution >= 4 is 9.84 Å². The summed E-state index contributed by atoms with van der Waals surface area (Å²) in [6.07, 6.45) is 3.37. The average Bonchev–Trinajstić information content (AvgIpc) is 2.82. The zero-order valence-corrected chi connectivity index (χ0v) is 11.1. The van der Waals surface area contributed by atoms with Gasteiger partial charge in [0.2, 0.25) is 0 Å². The molecule has 5 nitrogen and oxygen atoms in total. The zero-order valence-electron chi connectivity index (χ0n) is 10.3. The minimum atomic E-state index is -3.19. The van der Waals surface area contributed by atoms with Crippen LogP contribution in [0.15, 0.2) is 41.6 Å². The lowest BCUT2D eigenvalue weighted by Gasteiger charge is -2.08. The summed E-state index contributed by atoms with van der Waals surface area (Å²) in [4.78, 5) is 0.361. The first kappa shape index (κ1) is 12.8. The average molecular weight is 265 g/mol. The fourth-order valence-corrected chi connectivity index (χ4v) is 2.62. The third-order valence-electron chi connectivity index (χ3n) is 2.69. The van der Waals surface area contributed by atoms with Crippen molar-refractivity contribution in [1.82, 2.24) is 15.0 Å². The summed E-state index contributed by atoms with van der Waals surface area (Å²) >= 11 is 0. The summed E-state index contributed by atoms with van der Waals surface area (Å²) in [6.45, 7) is 3.94. The van der Waals surface area contributed by atoms with Gasteiger partial charge in [0.05, 0.1) is 22.9 Å². The fraction of sp³-hybridized carbons (Fsp3) is 0.333. The van der Waals surface area contributed by atoms with Gasteiger partial charge in [-0.15, -0.1) is 5.10 Å². The van der Waals surface area contributed by atoms with E-state index in [1.54, 1.807) is 55.2 Å². The van der Waals surface area contributed by atoms with Crippen LogP contribution in [0.2, 0.25) is 0 Å². The summed E-state index contributed by atoms with van der Waals surface area (Å²) in [7, 11) is -3.19. The maximum absolute atomic E-state index is 11.9. The van der Waals surface area contributed by atoms with E-state index in [1.807, 2.05) is 0 Å². The van der Waals surface area contributed by atoms with Crippen LogP contribution in [0.5, 0.6) is 0 Å². The molecule has 0 atom stereocenters. The van der Waals surface area contributed by atoms with E-state index in [4.69, 9.17) is 0 Å². The molecule has 18 heavy (non-hydrogen) atoms. The third-order valence-corrected chi connectivity index (χ3v) is 4.86. The van der Waals surface area contributed by atoms with Crippen LogP contribution in [0, 0.1) is 0 Å². The Morgan fingerprint density at radius 3 is 2.39 bits per heavy atom. The second-order valence-corrected chi connectivity index (χ2v) is 6.84. The maximum Gasteiger partial charge on any atom is 0.180 e. The number of hydrogen-bond acceptors (Lipinski definition) is 4. The van der Waals surface area contributed by atoms with Crippen molar-refractivity contribution in [3.63, 3.8) is 0 Å². The molecule has 0 bridgehead atoms. The van der Waals surface area contributed by atoms with Crippen molar-refractivity contribution in [3.8, 4) is 0 Å². The monoisotopic (exact) mass is 265 g/mol. The molecule has 0 fully saturated rings. The normalized spacial score (nSPS) is 11.9. The van der Waals surface area contributed by atoms with Gasteiger partial charge < -0.3 is 0 Å². The molecule has 0 N–H and O–H groups in total. The highest BCUT2D eigenvalue weighted by atomic mass is 32.2. The van der Waals surface area contributed by atoms with E-state index in [0.717, 1.165) is 5.56 Å². The Morgan fingerprint density at radius 1 is 1.22 bits per heavy atom. The first-order valence-electron chi connectivity index (χ1n) is 5.67. The van der Waals surface area contributed by atoms with Crippen LogP contribution in [-0.2, 0) is 16.4 Å². The summed E-state index contributed by atoms with van der Waals surface area (Å²) in [5, 5.41) is 7.17. The Kier molecular flexibility index (Phi) is 3.47. The first-order valence-corrected chi connectivity index (χ1v) is 7.22. The van der Waals surface area contributed by atoms with Crippen molar-refractivity contribution in [2.24, 2.45) is 0 Å². The third kappa shape index (κ3) is 2.59. The highest BCUT2D eigenvalue weighted by molar-refractivity contribution is 7.92. The number of benzene rings is 1. The van der Waals surface area contributed by atoms with Gasteiger partial charge in [-0.3, -0.25) is 0 Å². The van der Waals surface area contributed by atoms with Gasteiger partial charge in [-0.25, -0.2) is 13.1 Å². The van der Waals surface area contributed by atoms with Crippen molar-refractivity contribution in [2.45, 2.75) is 30.5 Å². The number of sulfone groups is 1. The molecule has 0 saturated heterocycles. The van der Waals surface area contributed by atoms with Crippen molar-refractivity contribution in [1.29, 1.82) is 0 Å². The highest BCUT2D eigenvalue weighted by Crippen LogP contribution is 2.16. The van der Waals surface area contributed by atoms with Gasteiger partial charge in [0.25, 0.3) is 0 Å². The minimum absolute atomic E-state index is 0.361. The van der Waals surface area contributed by atoms with Crippen LogP contribution >= 0.6 is 0 Å². The Bertz CT molecular complexity index is 601. The molecule has 0 aliphatic heterocycles. The van der Waals surface area contributed by atoms with Gasteiger partial charge in [-0.2, -0.15) is 0 Å². The molecule has 2 rings (SSSR count). The Balaban J connectivity index is 2.21. The van der Waals surface area contributed by atoms with E-state index in [1.165, 1.54) is 0 Å². The zero-order chi connectivity index (χ0) is 13.2. The smallest absolute Gasteiger partial charge is 0.180 e.